The fourth-order valence-electron chi connectivity index (χ4n) is 1.97. The lowest BCUT2D eigenvalue weighted by molar-refractivity contribution is 0.145. The summed E-state index contributed by atoms with van der Waals surface area (Å²) < 4.78 is 6.29. The summed E-state index contributed by atoms with van der Waals surface area (Å²) in [6.45, 7) is 1.58. The van der Waals surface area contributed by atoms with Crippen LogP contribution in [-0.2, 0) is 6.54 Å². The zero-order valence-electron chi connectivity index (χ0n) is 10.9. The van der Waals surface area contributed by atoms with Crippen molar-refractivity contribution in [2.24, 2.45) is 0 Å². The Balaban J connectivity index is 1.81. The molecule has 0 aliphatic carbocycles. The zero-order chi connectivity index (χ0) is 13.7. The summed E-state index contributed by atoms with van der Waals surface area (Å²) in [4.78, 5) is 2.14. The molecular formula is C15H18BrNO2. The monoisotopic (exact) mass is 323 g/mol. The molecular weight excluding hydrogens is 306 g/mol. The SMILES string of the molecule is CN(CCC(O)c1cccc(Br)c1)Cc1ccco1. The minimum absolute atomic E-state index is 0.434. The summed E-state index contributed by atoms with van der Waals surface area (Å²) in [6.07, 6.45) is 1.95. The average Bonchev–Trinajstić information content (AvgIpc) is 2.88. The van der Waals surface area contributed by atoms with Gasteiger partial charge in [-0.25, -0.2) is 0 Å². The Morgan fingerprint density at radius 3 is 2.84 bits per heavy atom. The van der Waals surface area contributed by atoms with Crippen LogP contribution < -0.4 is 0 Å². The van der Waals surface area contributed by atoms with Crippen molar-refractivity contribution >= 4 is 15.9 Å². The van der Waals surface area contributed by atoms with E-state index in [1.54, 1.807) is 6.26 Å². The van der Waals surface area contributed by atoms with Gasteiger partial charge in [0, 0.05) is 11.0 Å². The molecule has 0 aliphatic rings. The van der Waals surface area contributed by atoms with Crippen molar-refractivity contribution < 1.29 is 9.52 Å². The maximum Gasteiger partial charge on any atom is 0.117 e. The lowest BCUT2D eigenvalue weighted by Crippen LogP contribution is -2.20. The highest BCUT2D eigenvalue weighted by molar-refractivity contribution is 9.10. The van der Waals surface area contributed by atoms with E-state index in [1.165, 1.54) is 0 Å². The Bertz CT molecular complexity index is 499. The largest absolute Gasteiger partial charge is 0.468 e. The van der Waals surface area contributed by atoms with Crippen molar-refractivity contribution in [3.63, 3.8) is 0 Å². The highest BCUT2D eigenvalue weighted by atomic mass is 79.9. The molecule has 0 fully saturated rings. The van der Waals surface area contributed by atoms with Crippen LogP contribution in [0, 0.1) is 0 Å². The number of aliphatic hydroxyl groups excluding tert-OH is 1. The second-order valence-electron chi connectivity index (χ2n) is 4.68. The fraction of sp³-hybridized carbons (Fsp3) is 0.333. The summed E-state index contributed by atoms with van der Waals surface area (Å²) in [5.74, 6) is 0.944. The lowest BCUT2D eigenvalue weighted by Gasteiger charge is -2.18. The molecule has 2 rings (SSSR count). The number of furan rings is 1. The van der Waals surface area contributed by atoms with Crippen LogP contribution in [0.25, 0.3) is 0 Å². The first kappa shape index (κ1) is 14.3. The zero-order valence-corrected chi connectivity index (χ0v) is 12.5. The molecule has 3 nitrogen and oxygen atoms in total. The average molecular weight is 324 g/mol. The Morgan fingerprint density at radius 2 is 2.16 bits per heavy atom. The summed E-state index contributed by atoms with van der Waals surface area (Å²) in [5, 5.41) is 10.1. The van der Waals surface area contributed by atoms with Crippen LogP contribution in [0.3, 0.4) is 0 Å². The van der Waals surface area contributed by atoms with Gasteiger partial charge in [-0.2, -0.15) is 0 Å². The van der Waals surface area contributed by atoms with Crippen molar-refractivity contribution in [3.8, 4) is 0 Å². The maximum atomic E-state index is 10.1. The predicted octanol–water partition coefficient (Wildman–Crippen LogP) is 3.60. The van der Waals surface area contributed by atoms with Crippen LogP contribution in [0.1, 0.15) is 23.8 Å². The van der Waals surface area contributed by atoms with E-state index in [9.17, 15) is 5.11 Å². The standard InChI is InChI=1S/C15H18BrNO2/c1-17(11-14-6-3-9-19-14)8-7-15(18)12-4-2-5-13(16)10-12/h2-6,9-10,15,18H,7-8,11H2,1H3. The summed E-state index contributed by atoms with van der Waals surface area (Å²) in [7, 11) is 2.02. The number of hydrogen-bond donors (Lipinski definition) is 1. The molecule has 1 N–H and O–H groups in total. The van der Waals surface area contributed by atoms with Crippen LogP contribution in [0.5, 0.6) is 0 Å². The molecule has 0 radical (unpaired) electrons. The van der Waals surface area contributed by atoms with E-state index in [0.717, 1.165) is 28.9 Å². The molecule has 1 atom stereocenters. The molecule has 0 saturated heterocycles. The normalized spacial score (nSPS) is 12.8. The summed E-state index contributed by atoms with van der Waals surface area (Å²) in [5.41, 5.74) is 0.945. The molecule has 1 aromatic heterocycles. The highest BCUT2D eigenvalue weighted by Gasteiger charge is 2.10. The van der Waals surface area contributed by atoms with E-state index in [0.29, 0.717) is 6.42 Å². The van der Waals surface area contributed by atoms with Crippen LogP contribution >= 0.6 is 15.9 Å². The third kappa shape index (κ3) is 4.49. The van der Waals surface area contributed by atoms with Crippen molar-refractivity contribution in [2.45, 2.75) is 19.1 Å². The van der Waals surface area contributed by atoms with E-state index >= 15 is 0 Å². The molecule has 1 aromatic carbocycles. The molecule has 2 aromatic rings. The molecule has 0 aliphatic heterocycles. The second kappa shape index (κ2) is 6.89. The quantitative estimate of drug-likeness (QED) is 0.882. The van der Waals surface area contributed by atoms with Crippen molar-refractivity contribution in [2.75, 3.05) is 13.6 Å². The van der Waals surface area contributed by atoms with Crippen molar-refractivity contribution in [3.05, 3.63) is 58.5 Å². The molecule has 0 amide bonds. The van der Waals surface area contributed by atoms with Crippen molar-refractivity contribution in [1.82, 2.24) is 4.90 Å². The van der Waals surface area contributed by atoms with Crippen LogP contribution in [0.15, 0.2) is 51.6 Å². The first-order valence-electron chi connectivity index (χ1n) is 6.29. The third-order valence-electron chi connectivity index (χ3n) is 3.02. The lowest BCUT2D eigenvalue weighted by atomic mass is 10.1. The van der Waals surface area contributed by atoms with E-state index in [4.69, 9.17) is 4.42 Å². The van der Waals surface area contributed by atoms with Gasteiger partial charge in [-0.3, -0.25) is 4.90 Å². The molecule has 1 unspecified atom stereocenters. The van der Waals surface area contributed by atoms with Gasteiger partial charge in [-0.1, -0.05) is 28.1 Å². The van der Waals surface area contributed by atoms with Gasteiger partial charge in [0.15, 0.2) is 0 Å². The predicted molar refractivity (Wildman–Crippen MR) is 78.8 cm³/mol. The van der Waals surface area contributed by atoms with Gasteiger partial charge in [0.05, 0.1) is 18.9 Å². The number of halogens is 1. The Labute approximate surface area is 122 Å². The van der Waals surface area contributed by atoms with Gasteiger partial charge < -0.3 is 9.52 Å². The van der Waals surface area contributed by atoms with Crippen LogP contribution in [0.4, 0.5) is 0 Å². The highest BCUT2D eigenvalue weighted by Crippen LogP contribution is 2.21. The second-order valence-corrected chi connectivity index (χ2v) is 5.59. The van der Waals surface area contributed by atoms with E-state index < -0.39 is 6.10 Å². The number of aliphatic hydroxyl groups is 1. The van der Waals surface area contributed by atoms with Gasteiger partial charge in [0.2, 0.25) is 0 Å². The number of benzene rings is 1. The molecule has 102 valence electrons. The minimum Gasteiger partial charge on any atom is -0.468 e. The molecule has 0 bridgehead atoms. The van der Waals surface area contributed by atoms with Gasteiger partial charge in [0.1, 0.15) is 5.76 Å². The molecule has 1 heterocycles. The Kier molecular flexibility index (Phi) is 5.19. The maximum absolute atomic E-state index is 10.1. The number of rotatable bonds is 6. The van der Waals surface area contributed by atoms with Gasteiger partial charge >= 0.3 is 0 Å². The molecule has 4 heteroatoms. The smallest absolute Gasteiger partial charge is 0.117 e. The first-order valence-corrected chi connectivity index (χ1v) is 7.09. The number of nitrogens with zero attached hydrogens (tertiary/aromatic N) is 1. The Hall–Kier alpha value is -1.10. The van der Waals surface area contributed by atoms with Gasteiger partial charge in [-0.15, -0.1) is 0 Å². The summed E-state index contributed by atoms with van der Waals surface area (Å²) >= 11 is 3.42. The molecule has 0 spiro atoms. The first-order chi connectivity index (χ1) is 9.15. The molecule has 0 saturated carbocycles. The van der Waals surface area contributed by atoms with E-state index in [-0.39, 0.29) is 0 Å². The van der Waals surface area contributed by atoms with Crippen LogP contribution in [-0.4, -0.2) is 23.6 Å². The molecule has 19 heavy (non-hydrogen) atoms. The number of hydrogen-bond acceptors (Lipinski definition) is 3. The Morgan fingerprint density at radius 1 is 1.32 bits per heavy atom. The van der Waals surface area contributed by atoms with Gasteiger partial charge in [-0.05, 0) is 43.3 Å². The van der Waals surface area contributed by atoms with E-state index in [1.807, 2.05) is 43.4 Å². The summed E-state index contributed by atoms with van der Waals surface area (Å²) in [6, 6.07) is 11.6. The van der Waals surface area contributed by atoms with Crippen molar-refractivity contribution in [1.29, 1.82) is 0 Å². The van der Waals surface area contributed by atoms with Gasteiger partial charge in [0.25, 0.3) is 0 Å². The minimum atomic E-state index is -0.434. The topological polar surface area (TPSA) is 36.6 Å². The third-order valence-corrected chi connectivity index (χ3v) is 3.52. The van der Waals surface area contributed by atoms with E-state index in [2.05, 4.69) is 20.8 Å². The van der Waals surface area contributed by atoms with Crippen LogP contribution in [0.2, 0.25) is 0 Å². The fourth-order valence-corrected chi connectivity index (χ4v) is 2.39.